The van der Waals surface area contributed by atoms with Crippen molar-refractivity contribution in [1.82, 2.24) is 24.8 Å². The molecule has 1 N–H and O–H groups in total. The second-order valence-electron chi connectivity index (χ2n) is 12.3. The molecule has 2 aliphatic carbocycles. The van der Waals surface area contributed by atoms with Gasteiger partial charge in [-0.3, -0.25) is 9.59 Å². The minimum Gasteiger partial charge on any atom is -0.487 e. The number of likely N-dealkylation sites (tertiary alicyclic amines) is 1. The third-order valence-corrected chi connectivity index (χ3v) is 9.95. The Morgan fingerprint density at radius 2 is 2.07 bits per heavy atom. The van der Waals surface area contributed by atoms with Gasteiger partial charge in [0.25, 0.3) is 6.43 Å². The zero-order chi connectivity index (χ0) is 29.1. The molecule has 3 fully saturated rings. The predicted octanol–water partition coefficient (Wildman–Crippen LogP) is 4.22. The van der Waals surface area contributed by atoms with Gasteiger partial charge in [-0.25, -0.2) is 13.5 Å². The average molecular weight is 592 g/mol. The molecule has 1 aromatic heterocycles. The first-order valence-electron chi connectivity index (χ1n) is 14.5. The monoisotopic (exact) mass is 591 g/mol. The van der Waals surface area contributed by atoms with Crippen molar-refractivity contribution in [3.63, 3.8) is 0 Å². The van der Waals surface area contributed by atoms with E-state index in [2.05, 4.69) is 10.3 Å². The molecule has 1 saturated heterocycles. The van der Waals surface area contributed by atoms with E-state index in [0.717, 1.165) is 35.9 Å². The molecule has 2 aromatic rings. The summed E-state index contributed by atoms with van der Waals surface area (Å²) in [6.45, 7) is 3.08. The minimum absolute atomic E-state index is 0.0240. The third kappa shape index (κ3) is 5.20. The van der Waals surface area contributed by atoms with E-state index in [0.29, 0.717) is 48.7 Å². The van der Waals surface area contributed by atoms with Crippen molar-refractivity contribution in [2.45, 2.75) is 77.0 Å². The maximum atomic E-state index is 14.2. The van der Waals surface area contributed by atoms with Gasteiger partial charge in [0.1, 0.15) is 23.7 Å². The molecule has 0 radical (unpaired) electrons. The summed E-state index contributed by atoms with van der Waals surface area (Å²) in [5, 5.41) is 19.0. The number of amides is 2. The summed E-state index contributed by atoms with van der Waals surface area (Å²) in [5.41, 5.74) is 1.25. The van der Waals surface area contributed by atoms with Crippen LogP contribution in [0.2, 0.25) is 5.02 Å². The Labute approximate surface area is 242 Å². The lowest BCUT2D eigenvalue weighted by Gasteiger charge is -2.44. The highest BCUT2D eigenvalue weighted by Crippen LogP contribution is 2.54. The number of halogens is 3. The van der Waals surface area contributed by atoms with Crippen LogP contribution in [-0.4, -0.2) is 67.5 Å². The number of aliphatic hydroxyl groups excluding tert-OH is 1. The molecule has 3 heterocycles. The number of alkyl halides is 2. The number of aromatic nitrogens is 3. The lowest BCUT2D eigenvalue weighted by molar-refractivity contribution is -0.148. The molecule has 2 amide bonds. The summed E-state index contributed by atoms with van der Waals surface area (Å²) in [6.07, 6.45) is 1.85. The zero-order valence-corrected chi connectivity index (χ0v) is 24.1. The summed E-state index contributed by atoms with van der Waals surface area (Å²) in [4.78, 5) is 30.9. The van der Waals surface area contributed by atoms with E-state index < -0.39 is 24.5 Å². The van der Waals surface area contributed by atoms with Crippen LogP contribution in [0.5, 0.6) is 5.75 Å². The fourth-order valence-corrected chi connectivity index (χ4v) is 7.40. The van der Waals surface area contributed by atoms with E-state index >= 15 is 0 Å². The SMILES string of the molecule is C[C@H]1CCC[C@@H](O)[C@H]1C(=O)N1CCc2c(Cl)ccc(OCc3nnn(C)c3C(F)F)c2[C@H]1CN1CC2(CC2)CC1=O. The predicted molar refractivity (Wildman–Crippen MR) is 145 cm³/mol. The van der Waals surface area contributed by atoms with Gasteiger partial charge < -0.3 is 19.6 Å². The minimum atomic E-state index is -2.77. The first kappa shape index (κ1) is 28.3. The van der Waals surface area contributed by atoms with Crippen molar-refractivity contribution in [2.24, 2.45) is 24.3 Å². The number of benzene rings is 1. The summed E-state index contributed by atoms with van der Waals surface area (Å²) in [7, 11) is 1.40. The quantitative estimate of drug-likeness (QED) is 0.517. The van der Waals surface area contributed by atoms with Crippen LogP contribution in [0, 0.1) is 17.3 Å². The van der Waals surface area contributed by atoms with Gasteiger partial charge in [0.2, 0.25) is 11.8 Å². The number of ether oxygens (including phenoxy) is 1. The Morgan fingerprint density at radius 3 is 2.76 bits per heavy atom. The molecule has 1 spiro atoms. The number of aliphatic hydroxyl groups is 1. The van der Waals surface area contributed by atoms with Gasteiger partial charge >= 0.3 is 0 Å². The number of aryl methyl sites for hydroxylation is 1. The van der Waals surface area contributed by atoms with Gasteiger partial charge in [0.05, 0.1) is 18.1 Å². The van der Waals surface area contributed by atoms with E-state index in [4.69, 9.17) is 16.3 Å². The molecule has 4 atom stereocenters. The summed E-state index contributed by atoms with van der Waals surface area (Å²) >= 11 is 6.69. The van der Waals surface area contributed by atoms with Crippen molar-refractivity contribution in [3.8, 4) is 5.75 Å². The first-order chi connectivity index (χ1) is 19.6. The first-order valence-corrected chi connectivity index (χ1v) is 14.8. The molecule has 2 aliphatic heterocycles. The van der Waals surface area contributed by atoms with E-state index in [1.807, 2.05) is 11.8 Å². The molecular formula is C29H36ClF2N5O4. The van der Waals surface area contributed by atoms with Crippen LogP contribution in [0.1, 0.15) is 80.4 Å². The fraction of sp³-hybridized carbons (Fsp3) is 0.655. The van der Waals surface area contributed by atoms with E-state index in [1.54, 1.807) is 17.0 Å². The highest BCUT2D eigenvalue weighted by molar-refractivity contribution is 6.31. The molecule has 9 nitrogen and oxygen atoms in total. The van der Waals surface area contributed by atoms with Gasteiger partial charge in [-0.05, 0) is 61.1 Å². The third-order valence-electron chi connectivity index (χ3n) is 9.60. The van der Waals surface area contributed by atoms with Crippen LogP contribution in [0.4, 0.5) is 8.78 Å². The number of hydrogen-bond acceptors (Lipinski definition) is 6. The van der Waals surface area contributed by atoms with Crippen LogP contribution >= 0.6 is 11.6 Å². The molecule has 0 unspecified atom stereocenters. The number of hydrogen-bond donors (Lipinski definition) is 1. The van der Waals surface area contributed by atoms with Crippen molar-refractivity contribution in [2.75, 3.05) is 19.6 Å². The number of rotatable bonds is 7. The molecule has 41 heavy (non-hydrogen) atoms. The van der Waals surface area contributed by atoms with Gasteiger partial charge in [0, 0.05) is 43.7 Å². The number of carbonyl (C=O) groups excluding carboxylic acids is 2. The van der Waals surface area contributed by atoms with Gasteiger partial charge in [-0.2, -0.15) is 0 Å². The smallest absolute Gasteiger partial charge is 0.282 e. The van der Waals surface area contributed by atoms with Crippen LogP contribution in [0.3, 0.4) is 0 Å². The molecule has 2 saturated carbocycles. The van der Waals surface area contributed by atoms with Crippen LogP contribution < -0.4 is 4.74 Å². The van der Waals surface area contributed by atoms with Gasteiger partial charge in [-0.1, -0.05) is 30.2 Å². The second kappa shape index (κ2) is 10.8. The standard InChI is InChI=1S/C29H36ClF2N5O4/c1-16-4-3-5-21(38)24(16)28(40)37-11-8-17-18(30)6-7-22(41-14-19-26(27(31)32)35(2)34-33-19)25(17)20(37)13-36-15-29(9-10-29)12-23(36)39/h6-7,16,20-21,24,27,38H,3-5,8-15H2,1-2H3/t16-,20+,21+,24-/m0/s1. The highest BCUT2D eigenvalue weighted by atomic mass is 35.5. The van der Waals surface area contributed by atoms with Crippen molar-refractivity contribution < 1.29 is 28.2 Å². The molecule has 222 valence electrons. The number of fused-ring (bicyclic) bond motifs is 1. The average Bonchev–Trinajstić information content (AvgIpc) is 3.45. The topological polar surface area (TPSA) is 101 Å². The van der Waals surface area contributed by atoms with Crippen molar-refractivity contribution in [1.29, 1.82) is 0 Å². The summed E-state index contributed by atoms with van der Waals surface area (Å²) in [6, 6.07) is 2.84. The van der Waals surface area contributed by atoms with E-state index in [-0.39, 0.29) is 47.7 Å². The van der Waals surface area contributed by atoms with Gasteiger partial charge in [0.15, 0.2) is 0 Å². The Morgan fingerprint density at radius 1 is 1.29 bits per heavy atom. The Balaban J connectivity index is 1.37. The molecule has 4 aliphatic rings. The van der Waals surface area contributed by atoms with Crippen molar-refractivity contribution in [3.05, 3.63) is 39.7 Å². The Kier molecular flexibility index (Phi) is 7.46. The normalized spacial score (nSPS) is 27.0. The fourth-order valence-electron chi connectivity index (χ4n) is 7.14. The van der Waals surface area contributed by atoms with E-state index in [9.17, 15) is 23.5 Å². The van der Waals surface area contributed by atoms with Crippen molar-refractivity contribution >= 4 is 23.4 Å². The maximum absolute atomic E-state index is 14.2. The Bertz CT molecular complexity index is 1340. The maximum Gasteiger partial charge on any atom is 0.282 e. The number of nitrogens with zero attached hydrogens (tertiary/aromatic N) is 5. The summed E-state index contributed by atoms with van der Waals surface area (Å²) < 4.78 is 34.5. The molecule has 0 bridgehead atoms. The van der Waals surface area contributed by atoms with Crippen LogP contribution in [0.15, 0.2) is 12.1 Å². The van der Waals surface area contributed by atoms with Crippen LogP contribution in [0.25, 0.3) is 0 Å². The molecular weight excluding hydrogens is 556 g/mol. The molecule has 12 heteroatoms. The molecule has 6 rings (SSSR count). The zero-order valence-electron chi connectivity index (χ0n) is 23.4. The summed E-state index contributed by atoms with van der Waals surface area (Å²) in [5.74, 6) is -0.168. The largest absolute Gasteiger partial charge is 0.487 e. The lowest BCUT2D eigenvalue weighted by Crippen LogP contribution is -2.51. The van der Waals surface area contributed by atoms with Gasteiger partial charge in [-0.15, -0.1) is 5.10 Å². The molecule has 1 aromatic carbocycles. The van der Waals surface area contributed by atoms with Crippen LogP contribution in [-0.2, 0) is 29.7 Å². The lowest BCUT2D eigenvalue weighted by atomic mass is 9.76. The Hall–Kier alpha value is -2.79. The number of carbonyl (C=O) groups is 2. The second-order valence-corrected chi connectivity index (χ2v) is 12.7. The highest BCUT2D eigenvalue weighted by Gasteiger charge is 2.53. The van der Waals surface area contributed by atoms with E-state index in [1.165, 1.54) is 7.05 Å².